The summed E-state index contributed by atoms with van der Waals surface area (Å²) in [6, 6.07) is 10.8. The minimum atomic E-state index is -0.000914. The van der Waals surface area contributed by atoms with Crippen molar-refractivity contribution in [2.24, 2.45) is 5.10 Å². The maximum Gasteiger partial charge on any atom is 0.156 e. The zero-order chi connectivity index (χ0) is 16.1. The number of benzene rings is 2. The molecular weight excluding hydrogens is 343 g/mol. The van der Waals surface area contributed by atoms with Crippen LogP contribution < -0.4 is 10.2 Å². The highest BCUT2D eigenvalue weighted by atomic mass is 35.5. The highest BCUT2D eigenvalue weighted by Gasteiger charge is 2.10. The molecule has 0 saturated heterocycles. The summed E-state index contributed by atoms with van der Waals surface area (Å²) in [6.45, 7) is 3.83. The van der Waals surface area contributed by atoms with Gasteiger partial charge in [0.05, 0.1) is 28.1 Å². The third-order valence-electron chi connectivity index (χ3n) is 2.61. The van der Waals surface area contributed by atoms with Crippen molar-refractivity contribution in [3.05, 3.63) is 57.0 Å². The second-order valence-corrected chi connectivity index (χ2v) is 6.11. The van der Waals surface area contributed by atoms with Crippen molar-refractivity contribution in [2.45, 2.75) is 20.0 Å². The molecule has 2 rings (SSSR count). The summed E-state index contributed by atoms with van der Waals surface area (Å²) in [7, 11) is 0. The van der Waals surface area contributed by atoms with Crippen LogP contribution >= 0.6 is 34.8 Å². The predicted octanol–water partition coefficient (Wildman–Crippen LogP) is 5.88. The summed E-state index contributed by atoms with van der Waals surface area (Å²) < 4.78 is 5.58. The number of nitrogens with zero attached hydrogens (tertiary/aromatic N) is 1. The Bertz CT molecular complexity index is 664. The van der Waals surface area contributed by atoms with Gasteiger partial charge in [0.1, 0.15) is 0 Å². The van der Waals surface area contributed by atoms with Gasteiger partial charge in [0.15, 0.2) is 5.75 Å². The van der Waals surface area contributed by atoms with Gasteiger partial charge in [-0.2, -0.15) is 5.10 Å². The first-order valence-electron chi connectivity index (χ1n) is 6.66. The Balaban J connectivity index is 2.11. The average molecular weight is 358 g/mol. The van der Waals surface area contributed by atoms with Crippen LogP contribution in [0.4, 0.5) is 5.69 Å². The van der Waals surface area contributed by atoms with Gasteiger partial charge in [-0.1, -0.05) is 40.9 Å². The van der Waals surface area contributed by atoms with Gasteiger partial charge >= 0.3 is 0 Å². The van der Waals surface area contributed by atoms with Crippen molar-refractivity contribution in [3.8, 4) is 5.75 Å². The van der Waals surface area contributed by atoms with E-state index >= 15 is 0 Å². The molecule has 0 aliphatic rings. The van der Waals surface area contributed by atoms with E-state index in [2.05, 4.69) is 10.5 Å². The predicted molar refractivity (Wildman–Crippen MR) is 94.9 cm³/mol. The summed E-state index contributed by atoms with van der Waals surface area (Å²) in [5, 5.41) is 5.67. The molecule has 22 heavy (non-hydrogen) atoms. The molecule has 0 aromatic heterocycles. The van der Waals surface area contributed by atoms with Gasteiger partial charge in [-0.15, -0.1) is 0 Å². The van der Waals surface area contributed by atoms with E-state index in [1.807, 2.05) is 26.0 Å². The molecule has 0 spiro atoms. The zero-order valence-electron chi connectivity index (χ0n) is 12.1. The molecule has 116 valence electrons. The van der Waals surface area contributed by atoms with Crippen LogP contribution in [-0.4, -0.2) is 12.3 Å². The Morgan fingerprint density at radius 1 is 1.09 bits per heavy atom. The second kappa shape index (κ2) is 7.73. The normalized spacial score (nSPS) is 11.2. The number of ether oxygens (including phenoxy) is 1. The quantitative estimate of drug-likeness (QED) is 0.535. The van der Waals surface area contributed by atoms with Crippen LogP contribution in [0.15, 0.2) is 41.5 Å². The van der Waals surface area contributed by atoms with E-state index in [0.717, 1.165) is 11.3 Å². The van der Waals surface area contributed by atoms with Crippen LogP contribution in [0.1, 0.15) is 19.4 Å². The van der Waals surface area contributed by atoms with Crippen LogP contribution in [0.25, 0.3) is 0 Å². The van der Waals surface area contributed by atoms with E-state index in [-0.39, 0.29) is 6.10 Å². The van der Waals surface area contributed by atoms with E-state index in [4.69, 9.17) is 39.5 Å². The molecule has 1 N–H and O–H groups in total. The number of hydrogen-bond acceptors (Lipinski definition) is 3. The third kappa shape index (κ3) is 4.80. The maximum absolute atomic E-state index is 6.19. The Morgan fingerprint density at radius 3 is 2.36 bits per heavy atom. The Morgan fingerprint density at radius 2 is 1.77 bits per heavy atom. The van der Waals surface area contributed by atoms with Crippen molar-refractivity contribution in [1.82, 2.24) is 0 Å². The smallest absolute Gasteiger partial charge is 0.156 e. The van der Waals surface area contributed by atoms with E-state index in [9.17, 15) is 0 Å². The van der Waals surface area contributed by atoms with Gasteiger partial charge in [0.25, 0.3) is 0 Å². The van der Waals surface area contributed by atoms with Crippen LogP contribution in [-0.2, 0) is 0 Å². The average Bonchev–Trinajstić information content (AvgIpc) is 2.43. The van der Waals surface area contributed by atoms with Gasteiger partial charge in [0, 0.05) is 5.02 Å². The van der Waals surface area contributed by atoms with Crippen molar-refractivity contribution >= 4 is 46.7 Å². The first kappa shape index (κ1) is 16.9. The van der Waals surface area contributed by atoms with E-state index in [1.165, 1.54) is 0 Å². The molecule has 0 radical (unpaired) electrons. The number of hydrazone groups is 1. The molecule has 2 aromatic carbocycles. The largest absolute Gasteiger partial charge is 0.488 e. The maximum atomic E-state index is 6.19. The van der Waals surface area contributed by atoms with Gasteiger partial charge < -0.3 is 4.74 Å². The summed E-state index contributed by atoms with van der Waals surface area (Å²) >= 11 is 18.3. The summed E-state index contributed by atoms with van der Waals surface area (Å²) in [5.41, 5.74) is 4.44. The minimum Gasteiger partial charge on any atom is -0.488 e. The lowest BCUT2D eigenvalue weighted by Gasteiger charge is -2.13. The molecular formula is C16H15Cl3N2O. The standard InChI is InChI=1S/C16H15Cl3N2O/c1-10(2)22-16-14(18)6-11(7-15(16)19)9-20-21-13-5-3-4-12(17)8-13/h3-10,21H,1-2H3. The lowest BCUT2D eigenvalue weighted by molar-refractivity contribution is 0.243. The van der Waals surface area contributed by atoms with Gasteiger partial charge in [-0.25, -0.2) is 0 Å². The second-order valence-electron chi connectivity index (χ2n) is 4.86. The fourth-order valence-corrected chi connectivity index (χ4v) is 2.53. The molecule has 0 unspecified atom stereocenters. The van der Waals surface area contributed by atoms with Crippen LogP contribution in [0, 0.1) is 0 Å². The fraction of sp³-hybridized carbons (Fsp3) is 0.188. The van der Waals surface area contributed by atoms with Crippen molar-refractivity contribution in [1.29, 1.82) is 0 Å². The molecule has 2 aromatic rings. The number of rotatable bonds is 5. The minimum absolute atomic E-state index is 0.000914. The molecule has 0 bridgehead atoms. The number of nitrogens with one attached hydrogen (secondary N) is 1. The third-order valence-corrected chi connectivity index (χ3v) is 3.40. The molecule has 0 heterocycles. The van der Waals surface area contributed by atoms with Gasteiger partial charge in [0.2, 0.25) is 0 Å². The number of anilines is 1. The lowest BCUT2D eigenvalue weighted by Crippen LogP contribution is -2.06. The van der Waals surface area contributed by atoms with Crippen LogP contribution in [0.2, 0.25) is 15.1 Å². The zero-order valence-corrected chi connectivity index (χ0v) is 14.4. The van der Waals surface area contributed by atoms with Crippen molar-refractivity contribution in [3.63, 3.8) is 0 Å². The highest BCUT2D eigenvalue weighted by molar-refractivity contribution is 6.37. The molecule has 0 saturated carbocycles. The number of hydrogen-bond donors (Lipinski definition) is 1. The van der Waals surface area contributed by atoms with E-state index in [1.54, 1.807) is 30.5 Å². The molecule has 0 fully saturated rings. The lowest BCUT2D eigenvalue weighted by atomic mass is 10.2. The van der Waals surface area contributed by atoms with Crippen LogP contribution in [0.5, 0.6) is 5.75 Å². The van der Waals surface area contributed by atoms with Gasteiger partial charge in [-0.05, 0) is 49.7 Å². The monoisotopic (exact) mass is 356 g/mol. The van der Waals surface area contributed by atoms with Crippen molar-refractivity contribution < 1.29 is 4.74 Å². The van der Waals surface area contributed by atoms with Gasteiger partial charge in [-0.3, -0.25) is 5.43 Å². The Labute approximate surface area is 144 Å². The summed E-state index contributed by atoms with van der Waals surface area (Å²) in [4.78, 5) is 0. The molecule has 6 heteroatoms. The molecule has 0 amide bonds. The topological polar surface area (TPSA) is 33.6 Å². The first-order valence-corrected chi connectivity index (χ1v) is 7.79. The Kier molecular flexibility index (Phi) is 5.95. The molecule has 0 aliphatic carbocycles. The summed E-state index contributed by atoms with van der Waals surface area (Å²) in [5.74, 6) is 0.485. The highest BCUT2D eigenvalue weighted by Crippen LogP contribution is 2.34. The SMILES string of the molecule is CC(C)Oc1c(Cl)cc(C=NNc2cccc(Cl)c2)cc1Cl. The molecule has 3 nitrogen and oxygen atoms in total. The first-order chi connectivity index (χ1) is 10.5. The summed E-state index contributed by atoms with van der Waals surface area (Å²) in [6.07, 6.45) is 1.62. The molecule has 0 atom stereocenters. The van der Waals surface area contributed by atoms with E-state index < -0.39 is 0 Å². The Hall–Kier alpha value is -1.42. The van der Waals surface area contributed by atoms with E-state index in [0.29, 0.717) is 20.8 Å². The van der Waals surface area contributed by atoms with Crippen molar-refractivity contribution in [2.75, 3.05) is 5.43 Å². The van der Waals surface area contributed by atoms with Crippen LogP contribution in [0.3, 0.4) is 0 Å². The number of halogens is 3. The molecule has 0 aliphatic heterocycles. The fourth-order valence-electron chi connectivity index (χ4n) is 1.74.